The molecule has 0 saturated heterocycles. The van der Waals surface area contributed by atoms with Crippen LogP contribution in [-0.2, 0) is 14.8 Å². The van der Waals surface area contributed by atoms with E-state index in [2.05, 4.69) is 4.72 Å². The Morgan fingerprint density at radius 2 is 1.78 bits per heavy atom. The number of carbonyl (C=O) groups is 1. The molecule has 2 aromatic rings. The first-order chi connectivity index (χ1) is 12.1. The van der Waals surface area contributed by atoms with Crippen molar-refractivity contribution in [3.8, 4) is 0 Å². The molecule has 0 heterocycles. The predicted octanol–water partition coefficient (Wildman–Crippen LogP) is 4.39. The maximum Gasteiger partial charge on any atom is 0.304 e. The normalized spacial score (nSPS) is 12.1. The highest BCUT2D eigenvalue weighted by Gasteiger charge is 2.22. The van der Waals surface area contributed by atoms with Crippen LogP contribution >= 0.6 is 47.2 Å². The van der Waals surface area contributed by atoms with Crippen molar-refractivity contribution in [2.45, 2.75) is 17.2 Å². The number of nitrogens with one attached hydrogen (secondary N) is 1. The van der Waals surface area contributed by atoms with Crippen molar-refractivity contribution < 1.29 is 18.3 Å². The van der Waals surface area contributed by atoms with E-state index in [4.69, 9.17) is 45.6 Å². The zero-order valence-corrected chi connectivity index (χ0v) is 17.6. The lowest BCUT2D eigenvalue weighted by Crippen LogP contribution is -2.20. The second kappa shape index (κ2) is 9.82. The third kappa shape index (κ3) is 6.14. The number of benzene rings is 2. The van der Waals surface area contributed by atoms with Gasteiger partial charge < -0.3 is 10.8 Å². The summed E-state index contributed by atoms with van der Waals surface area (Å²) < 4.78 is 27.7. The van der Waals surface area contributed by atoms with E-state index in [1.54, 1.807) is 12.1 Å². The Bertz CT molecular complexity index is 938. The lowest BCUT2D eigenvalue weighted by atomic mass is 9.94. The molecule has 0 unspecified atom stereocenters. The quantitative estimate of drug-likeness (QED) is 0.552. The van der Waals surface area contributed by atoms with E-state index in [9.17, 15) is 13.2 Å². The number of carboxylic acids is 1. The summed E-state index contributed by atoms with van der Waals surface area (Å²) in [7, 11) is -4.00. The van der Waals surface area contributed by atoms with Crippen LogP contribution in [0.15, 0.2) is 41.3 Å². The second-order valence-corrected chi connectivity index (χ2v) is 8.38. The van der Waals surface area contributed by atoms with Crippen LogP contribution in [0.1, 0.15) is 17.9 Å². The van der Waals surface area contributed by atoms with Crippen LogP contribution in [-0.4, -0.2) is 26.0 Å². The minimum absolute atomic E-state index is 0. The molecular formula is C16H16Cl4N2O4S. The van der Waals surface area contributed by atoms with Gasteiger partial charge in [0.2, 0.25) is 0 Å². The fourth-order valence-electron chi connectivity index (χ4n) is 2.35. The van der Waals surface area contributed by atoms with Gasteiger partial charge in [-0.15, -0.1) is 12.4 Å². The number of aliphatic carboxylic acids is 1. The van der Waals surface area contributed by atoms with Gasteiger partial charge in [-0.3, -0.25) is 9.52 Å². The highest BCUT2D eigenvalue weighted by molar-refractivity contribution is 7.92. The molecule has 0 amide bonds. The lowest BCUT2D eigenvalue weighted by Gasteiger charge is -2.19. The van der Waals surface area contributed by atoms with Crippen LogP contribution in [0, 0.1) is 0 Å². The number of hydrogen-bond donors (Lipinski definition) is 3. The number of sulfonamides is 1. The van der Waals surface area contributed by atoms with Crippen LogP contribution in [0.2, 0.25) is 15.1 Å². The van der Waals surface area contributed by atoms with Gasteiger partial charge in [0.1, 0.15) is 0 Å². The Morgan fingerprint density at radius 1 is 1.11 bits per heavy atom. The topological polar surface area (TPSA) is 109 Å². The number of halogens is 4. The largest absolute Gasteiger partial charge is 0.481 e. The summed E-state index contributed by atoms with van der Waals surface area (Å²) in [5.74, 6) is -1.63. The van der Waals surface area contributed by atoms with Crippen molar-refractivity contribution in [2.24, 2.45) is 5.73 Å². The fourth-order valence-corrected chi connectivity index (χ4v) is 3.99. The Balaban J connectivity index is 0.00000364. The summed E-state index contributed by atoms with van der Waals surface area (Å²) in [6.07, 6.45) is -0.250. The molecule has 0 radical (unpaired) electrons. The first-order valence-corrected chi connectivity index (χ1v) is 9.95. The molecule has 2 aromatic carbocycles. The van der Waals surface area contributed by atoms with E-state index < -0.39 is 21.9 Å². The van der Waals surface area contributed by atoms with Crippen molar-refractivity contribution in [3.63, 3.8) is 0 Å². The summed E-state index contributed by atoms with van der Waals surface area (Å²) in [4.78, 5) is 11.0. The summed E-state index contributed by atoms with van der Waals surface area (Å²) >= 11 is 17.7. The van der Waals surface area contributed by atoms with Gasteiger partial charge in [0.25, 0.3) is 10.0 Å². The zero-order chi connectivity index (χ0) is 19.5. The maximum atomic E-state index is 12.7. The molecule has 0 aromatic heterocycles. The lowest BCUT2D eigenvalue weighted by molar-refractivity contribution is -0.137. The fraction of sp³-hybridized carbons (Fsp3) is 0.188. The number of nitrogens with two attached hydrogens (primary N) is 1. The summed E-state index contributed by atoms with van der Waals surface area (Å²) in [6, 6.07) is 8.38. The van der Waals surface area contributed by atoms with E-state index in [1.807, 2.05) is 0 Å². The van der Waals surface area contributed by atoms with Crippen LogP contribution in [0.4, 0.5) is 5.69 Å². The third-order valence-corrected chi connectivity index (χ3v) is 5.94. The molecule has 148 valence electrons. The van der Waals surface area contributed by atoms with E-state index in [0.29, 0.717) is 5.56 Å². The van der Waals surface area contributed by atoms with E-state index >= 15 is 0 Å². The highest BCUT2D eigenvalue weighted by atomic mass is 35.5. The monoisotopic (exact) mass is 472 g/mol. The van der Waals surface area contributed by atoms with Crippen molar-refractivity contribution in [3.05, 3.63) is 57.0 Å². The van der Waals surface area contributed by atoms with Crippen molar-refractivity contribution >= 4 is 68.9 Å². The van der Waals surface area contributed by atoms with Crippen LogP contribution < -0.4 is 10.5 Å². The first kappa shape index (κ1) is 23.8. The Morgan fingerprint density at radius 3 is 2.33 bits per heavy atom. The van der Waals surface area contributed by atoms with Gasteiger partial charge >= 0.3 is 5.97 Å². The van der Waals surface area contributed by atoms with Gasteiger partial charge in [-0.05, 0) is 42.4 Å². The molecule has 6 nitrogen and oxygen atoms in total. The van der Waals surface area contributed by atoms with Gasteiger partial charge in [-0.25, -0.2) is 8.42 Å². The Labute approximate surface area is 178 Å². The molecule has 0 aliphatic carbocycles. The van der Waals surface area contributed by atoms with Gasteiger partial charge in [-0.1, -0.05) is 40.9 Å². The molecule has 0 fully saturated rings. The van der Waals surface area contributed by atoms with E-state index in [0.717, 1.165) is 0 Å². The van der Waals surface area contributed by atoms with E-state index in [-0.39, 0.29) is 51.0 Å². The molecule has 2 rings (SSSR count). The number of hydrogen-bond acceptors (Lipinski definition) is 4. The van der Waals surface area contributed by atoms with Gasteiger partial charge in [0, 0.05) is 10.9 Å². The molecule has 0 aliphatic rings. The molecule has 1 atom stereocenters. The molecule has 4 N–H and O–H groups in total. The molecule has 27 heavy (non-hydrogen) atoms. The zero-order valence-electron chi connectivity index (χ0n) is 13.7. The van der Waals surface area contributed by atoms with Crippen LogP contribution in [0.5, 0.6) is 0 Å². The Kier molecular flexibility index (Phi) is 8.66. The van der Waals surface area contributed by atoms with Crippen molar-refractivity contribution in [2.75, 3.05) is 11.3 Å². The second-order valence-electron chi connectivity index (χ2n) is 5.44. The average molecular weight is 474 g/mol. The highest BCUT2D eigenvalue weighted by Crippen LogP contribution is 2.32. The summed E-state index contributed by atoms with van der Waals surface area (Å²) in [6.45, 7) is 0.0232. The van der Waals surface area contributed by atoms with Gasteiger partial charge in [0.15, 0.2) is 0 Å². The summed E-state index contributed by atoms with van der Waals surface area (Å²) in [5.41, 5.74) is 6.25. The maximum absolute atomic E-state index is 12.7. The van der Waals surface area contributed by atoms with Crippen LogP contribution in [0.3, 0.4) is 0 Å². The smallest absolute Gasteiger partial charge is 0.304 e. The minimum atomic E-state index is -4.00. The van der Waals surface area contributed by atoms with Crippen molar-refractivity contribution in [1.82, 2.24) is 0 Å². The molecule has 0 aliphatic heterocycles. The third-order valence-electron chi connectivity index (χ3n) is 3.61. The van der Waals surface area contributed by atoms with Crippen LogP contribution in [0.25, 0.3) is 0 Å². The first-order valence-electron chi connectivity index (χ1n) is 7.33. The Hall–Kier alpha value is -1.22. The number of anilines is 1. The van der Waals surface area contributed by atoms with Gasteiger partial charge in [0.05, 0.1) is 27.0 Å². The average Bonchev–Trinajstić information content (AvgIpc) is 2.55. The molecule has 0 saturated carbocycles. The SMILES string of the molecule is Cl.NC[C@H](CC(=O)O)c1ccc(Cl)cc1NS(=O)(=O)c1ccc(Cl)c(Cl)c1. The number of rotatable bonds is 7. The minimum Gasteiger partial charge on any atom is -0.481 e. The number of carboxylic acid groups (broad SMARTS) is 1. The molecule has 11 heteroatoms. The molecule has 0 bridgehead atoms. The van der Waals surface area contributed by atoms with Crippen molar-refractivity contribution in [1.29, 1.82) is 0 Å². The summed E-state index contributed by atoms with van der Waals surface area (Å²) in [5, 5.41) is 9.64. The standard InChI is InChI=1S/C16H15Cl3N2O4S.ClH/c17-10-1-3-12(9(8-20)5-16(22)23)15(6-10)21-26(24,25)11-2-4-13(18)14(19)7-11;/h1-4,6-7,9,21H,5,8,20H2,(H,22,23);1H/t9-;/m0./s1. The van der Waals surface area contributed by atoms with Gasteiger partial charge in [-0.2, -0.15) is 0 Å². The molecular weight excluding hydrogens is 458 g/mol. The molecule has 0 spiro atoms. The predicted molar refractivity (Wildman–Crippen MR) is 110 cm³/mol. The van der Waals surface area contributed by atoms with E-state index in [1.165, 1.54) is 24.3 Å².